The highest BCUT2D eigenvalue weighted by Crippen LogP contribution is 2.33. The Morgan fingerprint density at radius 3 is 2.12 bits per heavy atom. The molecule has 0 aliphatic heterocycles. The van der Waals surface area contributed by atoms with Gasteiger partial charge in [0.25, 0.3) is 0 Å². The number of hydrogen-bond donors (Lipinski definition) is 0. The fourth-order valence-corrected chi connectivity index (χ4v) is 1.88. The van der Waals surface area contributed by atoms with E-state index in [0.717, 1.165) is 5.82 Å². The second-order valence-electron chi connectivity index (χ2n) is 2.98. The van der Waals surface area contributed by atoms with Gasteiger partial charge in [-0.25, -0.2) is 0 Å². The minimum Gasteiger partial charge on any atom is -0.395 e. The predicted octanol–water partition coefficient (Wildman–Crippen LogP) is 2.52. The lowest BCUT2D eigenvalue weighted by Crippen LogP contribution is -2.04. The van der Waals surface area contributed by atoms with Gasteiger partial charge in [0, 0.05) is 0 Å². The molecule has 1 saturated carbocycles. The second kappa shape index (κ2) is 2.77. The summed E-state index contributed by atoms with van der Waals surface area (Å²) in [5.74, 6) is 0.914. The molecule has 0 aromatic heterocycles. The zero-order chi connectivity index (χ0) is 5.98. The number of halogens is 1. The van der Waals surface area contributed by atoms with Crippen molar-refractivity contribution < 1.29 is 0 Å². The quantitative estimate of drug-likeness (QED) is 0.480. The van der Waals surface area contributed by atoms with Crippen LogP contribution in [0.15, 0.2) is 0 Å². The highest BCUT2D eigenvalue weighted by Gasteiger charge is 2.13. The van der Waals surface area contributed by atoms with Crippen molar-refractivity contribution in [2.24, 2.45) is 0 Å². The zero-order valence-corrected chi connectivity index (χ0v) is 6.25. The summed E-state index contributed by atoms with van der Waals surface area (Å²) in [4.78, 5) is 0. The molecule has 0 amide bonds. The molecule has 2 heteroatoms. The van der Waals surface area contributed by atoms with E-state index < -0.39 is 0 Å². The van der Waals surface area contributed by atoms with Crippen LogP contribution < -0.4 is 0 Å². The van der Waals surface area contributed by atoms with E-state index in [9.17, 15) is 0 Å². The van der Waals surface area contributed by atoms with Gasteiger partial charge < -0.3 is 11.5 Å². The Kier molecular flexibility index (Phi) is 2.24. The van der Waals surface area contributed by atoms with E-state index >= 15 is 0 Å². The van der Waals surface area contributed by atoms with Crippen molar-refractivity contribution in [1.29, 1.82) is 0 Å². The Hall–Kier alpha value is 0.355. The minimum atomic E-state index is -0.285. The van der Waals surface area contributed by atoms with Gasteiger partial charge in [0.05, 0.1) is 6.13 Å². The molecule has 0 bridgehead atoms. The molecule has 0 heterocycles. The second-order valence-corrected chi connectivity index (χ2v) is 3.82. The average molecular weight is 131 g/mol. The third-order valence-electron chi connectivity index (χ3n) is 2.27. The maximum Gasteiger partial charge on any atom is 0.0704 e. The Balaban J connectivity index is 2.24. The van der Waals surface area contributed by atoms with Crippen molar-refractivity contribution in [3.63, 3.8) is 0 Å². The normalized spacial score (nSPS) is 26.2. The first-order chi connectivity index (χ1) is 3.80. The summed E-state index contributed by atoms with van der Waals surface area (Å²) >= 11 is 5.97. The average Bonchev–Trinajstić information content (AvgIpc) is 2.12. The van der Waals surface area contributed by atoms with Crippen LogP contribution in [0.25, 0.3) is 0 Å². The maximum atomic E-state index is 5.97. The first-order valence-electron chi connectivity index (χ1n) is 3.70. The SMILES string of the molecule is C[BH-](Cl)C1CCCC1. The van der Waals surface area contributed by atoms with Gasteiger partial charge in [-0.3, -0.25) is 0 Å². The molecule has 0 nitrogen and oxygen atoms in total. The van der Waals surface area contributed by atoms with Crippen LogP contribution in [0.2, 0.25) is 12.6 Å². The summed E-state index contributed by atoms with van der Waals surface area (Å²) in [6.45, 7) is 2.19. The Morgan fingerprint density at radius 1 is 1.38 bits per heavy atom. The number of hydrogen-bond acceptors (Lipinski definition) is 0. The summed E-state index contributed by atoms with van der Waals surface area (Å²) in [5.41, 5.74) is 0. The Labute approximate surface area is 56.6 Å². The van der Waals surface area contributed by atoms with Crippen LogP contribution >= 0.6 is 11.5 Å². The molecule has 1 atom stereocenters. The molecule has 0 aromatic carbocycles. The summed E-state index contributed by atoms with van der Waals surface area (Å²) < 4.78 is 0. The monoisotopic (exact) mass is 131 g/mol. The third-order valence-corrected chi connectivity index (χ3v) is 2.71. The van der Waals surface area contributed by atoms with Gasteiger partial charge in [-0.15, -0.1) is 0 Å². The molecule has 1 fully saturated rings. The first kappa shape index (κ1) is 6.47. The van der Waals surface area contributed by atoms with Crippen molar-refractivity contribution in [1.82, 2.24) is 0 Å². The van der Waals surface area contributed by atoms with E-state index in [1.54, 1.807) is 0 Å². The first-order valence-corrected chi connectivity index (χ1v) is 4.23. The lowest BCUT2D eigenvalue weighted by Gasteiger charge is -2.16. The van der Waals surface area contributed by atoms with Crippen molar-refractivity contribution in [3.8, 4) is 0 Å². The van der Waals surface area contributed by atoms with Gasteiger partial charge in [-0.05, 0) is 0 Å². The van der Waals surface area contributed by atoms with E-state index in [1.807, 2.05) is 0 Å². The molecular formula is C6H13BCl-. The molecule has 0 spiro atoms. The highest BCUT2D eigenvalue weighted by molar-refractivity contribution is 7.07. The molecule has 8 heavy (non-hydrogen) atoms. The van der Waals surface area contributed by atoms with Gasteiger partial charge >= 0.3 is 0 Å². The van der Waals surface area contributed by atoms with Crippen LogP contribution in [0.1, 0.15) is 25.7 Å². The minimum absolute atomic E-state index is 0.285. The van der Waals surface area contributed by atoms with Gasteiger partial charge in [0.2, 0.25) is 0 Å². The lowest BCUT2D eigenvalue weighted by atomic mass is 9.64. The van der Waals surface area contributed by atoms with Crippen LogP contribution in [0.5, 0.6) is 0 Å². The molecule has 0 radical (unpaired) electrons. The summed E-state index contributed by atoms with van der Waals surface area (Å²) in [6.07, 6.45) is 5.37. The van der Waals surface area contributed by atoms with Crippen molar-refractivity contribution in [2.75, 3.05) is 0 Å². The van der Waals surface area contributed by atoms with E-state index in [-0.39, 0.29) is 6.13 Å². The predicted molar refractivity (Wildman–Crippen MR) is 41.1 cm³/mol. The highest BCUT2D eigenvalue weighted by atomic mass is 35.5. The van der Waals surface area contributed by atoms with E-state index in [1.165, 1.54) is 25.7 Å². The van der Waals surface area contributed by atoms with Gasteiger partial charge in [0.1, 0.15) is 0 Å². The molecule has 48 valence electrons. The van der Waals surface area contributed by atoms with Crippen molar-refractivity contribution in [3.05, 3.63) is 0 Å². The largest absolute Gasteiger partial charge is 0.395 e. The van der Waals surface area contributed by atoms with Crippen LogP contribution in [0.3, 0.4) is 0 Å². The molecule has 1 aliphatic rings. The number of rotatable bonds is 1. The van der Waals surface area contributed by atoms with E-state index in [4.69, 9.17) is 11.5 Å². The standard InChI is InChI=1S/C6H13BCl/c1-7(8)6-4-2-3-5-6/h6-7H,2-5H2,1H3/q-1. The summed E-state index contributed by atoms with van der Waals surface area (Å²) in [7, 11) is 0. The molecule has 0 saturated heterocycles. The molecule has 1 unspecified atom stereocenters. The zero-order valence-electron chi connectivity index (χ0n) is 5.49. The van der Waals surface area contributed by atoms with Crippen LogP contribution in [0.4, 0.5) is 0 Å². The molecule has 1 aliphatic carbocycles. The van der Waals surface area contributed by atoms with Crippen molar-refractivity contribution in [2.45, 2.75) is 38.3 Å². The van der Waals surface area contributed by atoms with Gasteiger partial charge in [-0.2, -0.15) is 12.6 Å². The maximum absolute atomic E-state index is 5.97. The van der Waals surface area contributed by atoms with Crippen molar-refractivity contribution >= 4 is 17.6 Å². The lowest BCUT2D eigenvalue weighted by molar-refractivity contribution is 0.865. The molecule has 0 N–H and O–H groups in total. The van der Waals surface area contributed by atoms with Crippen LogP contribution in [-0.2, 0) is 0 Å². The molecule has 0 aromatic rings. The Morgan fingerprint density at radius 2 is 1.88 bits per heavy atom. The van der Waals surface area contributed by atoms with Crippen LogP contribution in [0, 0.1) is 0 Å². The molecular weight excluding hydrogens is 118 g/mol. The Bertz CT molecular complexity index is 66.9. The van der Waals surface area contributed by atoms with Crippen LogP contribution in [-0.4, -0.2) is 6.13 Å². The summed E-state index contributed by atoms with van der Waals surface area (Å²) in [5, 5.41) is 0. The fraction of sp³-hybridized carbons (Fsp3) is 1.00. The topological polar surface area (TPSA) is 0 Å². The van der Waals surface area contributed by atoms with Gasteiger partial charge in [0.15, 0.2) is 0 Å². The summed E-state index contributed by atoms with van der Waals surface area (Å²) in [6, 6.07) is 0. The van der Waals surface area contributed by atoms with E-state index in [2.05, 4.69) is 6.82 Å². The fourth-order valence-electron chi connectivity index (χ4n) is 1.57. The third kappa shape index (κ3) is 1.41. The van der Waals surface area contributed by atoms with E-state index in [0.29, 0.717) is 0 Å². The molecule has 1 rings (SSSR count). The smallest absolute Gasteiger partial charge is 0.0704 e. The van der Waals surface area contributed by atoms with Gasteiger partial charge in [-0.1, -0.05) is 25.7 Å².